The summed E-state index contributed by atoms with van der Waals surface area (Å²) < 4.78 is 12.8. The Morgan fingerprint density at radius 2 is 1.62 bits per heavy atom. The summed E-state index contributed by atoms with van der Waals surface area (Å²) >= 11 is 9.63. The number of ether oxygens (including phenoxy) is 2. The molecule has 2 rings (SSSR count). The van der Waals surface area contributed by atoms with E-state index in [9.17, 15) is 0 Å². The van der Waals surface area contributed by atoms with Crippen LogP contribution in [0.3, 0.4) is 0 Å². The van der Waals surface area contributed by atoms with Crippen molar-refractivity contribution in [3.05, 3.63) is 57.0 Å². The summed E-state index contributed by atoms with van der Waals surface area (Å²) in [6.45, 7) is 15.1. The van der Waals surface area contributed by atoms with Gasteiger partial charge in [0.15, 0.2) is 11.5 Å². The van der Waals surface area contributed by atoms with E-state index in [1.54, 1.807) is 0 Å². The first-order chi connectivity index (χ1) is 13.5. The highest BCUT2D eigenvalue weighted by molar-refractivity contribution is 9.10. The first-order valence-electron chi connectivity index (χ1n) is 10.1. The molecule has 29 heavy (non-hydrogen) atoms. The van der Waals surface area contributed by atoms with Gasteiger partial charge in [-0.05, 0) is 83.9 Å². The molecule has 0 aliphatic carbocycles. The number of hydrogen-bond acceptors (Lipinski definition) is 3. The predicted octanol–water partition coefficient (Wildman–Crippen LogP) is 7.38. The van der Waals surface area contributed by atoms with E-state index in [4.69, 9.17) is 21.1 Å². The van der Waals surface area contributed by atoms with Crippen LogP contribution >= 0.6 is 27.5 Å². The molecule has 0 fully saturated rings. The lowest BCUT2D eigenvalue weighted by molar-refractivity contribution is 0.240. The van der Waals surface area contributed by atoms with Crippen molar-refractivity contribution in [3.8, 4) is 11.5 Å². The zero-order chi connectivity index (χ0) is 21.7. The van der Waals surface area contributed by atoms with Crippen LogP contribution in [-0.2, 0) is 13.2 Å². The third-order valence-electron chi connectivity index (χ3n) is 4.41. The van der Waals surface area contributed by atoms with E-state index >= 15 is 0 Å². The molecule has 0 aromatic heterocycles. The Morgan fingerprint density at radius 3 is 2.21 bits per heavy atom. The van der Waals surface area contributed by atoms with Crippen LogP contribution in [0.25, 0.3) is 0 Å². The van der Waals surface area contributed by atoms with Crippen LogP contribution in [-0.4, -0.2) is 12.1 Å². The van der Waals surface area contributed by atoms with Crippen LogP contribution < -0.4 is 14.8 Å². The minimum absolute atomic E-state index is 0.0419. The molecule has 0 unspecified atom stereocenters. The van der Waals surface area contributed by atoms with Gasteiger partial charge in [0, 0.05) is 17.1 Å². The predicted molar refractivity (Wildman–Crippen MR) is 126 cm³/mol. The first kappa shape index (κ1) is 24.0. The van der Waals surface area contributed by atoms with Gasteiger partial charge in [-0.25, -0.2) is 0 Å². The molecule has 2 aromatic rings. The molecular formula is C24H33BrClNO2. The quantitative estimate of drug-likeness (QED) is 0.404. The highest BCUT2D eigenvalue weighted by Crippen LogP contribution is 2.38. The van der Waals surface area contributed by atoms with Crippen molar-refractivity contribution in [2.75, 3.05) is 6.61 Å². The summed E-state index contributed by atoms with van der Waals surface area (Å²) in [5, 5.41) is 4.40. The maximum atomic E-state index is 6.08. The van der Waals surface area contributed by atoms with Crippen molar-refractivity contribution in [1.82, 2.24) is 5.32 Å². The summed E-state index contributed by atoms with van der Waals surface area (Å²) in [7, 11) is 0. The van der Waals surface area contributed by atoms with E-state index in [1.165, 1.54) is 0 Å². The Bertz CT molecular complexity index is 798. The average Bonchev–Trinajstić information content (AvgIpc) is 2.59. The van der Waals surface area contributed by atoms with E-state index < -0.39 is 0 Å². The Balaban J connectivity index is 2.13. The van der Waals surface area contributed by atoms with Crippen LogP contribution in [0.5, 0.6) is 11.5 Å². The Morgan fingerprint density at radius 1 is 0.966 bits per heavy atom. The van der Waals surface area contributed by atoms with Crippen molar-refractivity contribution >= 4 is 27.5 Å². The monoisotopic (exact) mass is 481 g/mol. The SMILES string of the molecule is CCOc1cc(CNC(C)(C)CC(C)(C)C)cc(Br)c1OCc1ccc(Cl)cc1. The van der Waals surface area contributed by atoms with Gasteiger partial charge in [0.2, 0.25) is 0 Å². The third kappa shape index (κ3) is 8.19. The van der Waals surface area contributed by atoms with Gasteiger partial charge in [-0.3, -0.25) is 0 Å². The van der Waals surface area contributed by atoms with Crippen LogP contribution in [0.1, 0.15) is 59.1 Å². The van der Waals surface area contributed by atoms with Gasteiger partial charge in [-0.1, -0.05) is 44.5 Å². The summed E-state index contributed by atoms with van der Waals surface area (Å²) in [5.74, 6) is 1.47. The molecule has 0 bridgehead atoms. The smallest absolute Gasteiger partial charge is 0.175 e. The Kier molecular flexibility index (Phi) is 8.45. The molecule has 0 saturated carbocycles. The minimum atomic E-state index is 0.0419. The summed E-state index contributed by atoms with van der Waals surface area (Å²) in [5.41, 5.74) is 2.52. The number of hydrogen-bond donors (Lipinski definition) is 1. The molecule has 0 saturated heterocycles. The summed E-state index contributed by atoms with van der Waals surface area (Å²) in [6.07, 6.45) is 1.09. The second-order valence-electron chi connectivity index (χ2n) is 9.23. The Labute approximate surface area is 189 Å². The highest BCUT2D eigenvalue weighted by Gasteiger charge is 2.25. The van der Waals surface area contributed by atoms with Gasteiger partial charge in [-0.15, -0.1) is 0 Å². The summed E-state index contributed by atoms with van der Waals surface area (Å²) in [4.78, 5) is 0. The second-order valence-corrected chi connectivity index (χ2v) is 10.5. The fourth-order valence-electron chi connectivity index (χ4n) is 3.59. The van der Waals surface area contributed by atoms with Gasteiger partial charge in [0.1, 0.15) is 6.61 Å². The molecule has 0 aliphatic heterocycles. The second kappa shape index (κ2) is 10.2. The molecular weight excluding hydrogens is 450 g/mol. The third-order valence-corrected chi connectivity index (χ3v) is 5.25. The molecule has 0 amide bonds. The van der Waals surface area contributed by atoms with Gasteiger partial charge >= 0.3 is 0 Å². The molecule has 0 spiro atoms. The molecule has 0 radical (unpaired) electrons. The van der Waals surface area contributed by atoms with Gasteiger partial charge in [-0.2, -0.15) is 0 Å². The number of nitrogens with one attached hydrogen (secondary N) is 1. The van der Waals surface area contributed by atoms with Crippen LogP contribution in [0.2, 0.25) is 5.02 Å². The molecule has 1 N–H and O–H groups in total. The lowest BCUT2D eigenvalue weighted by atomic mass is 9.82. The normalized spacial score (nSPS) is 12.1. The number of halogens is 2. The lowest BCUT2D eigenvalue weighted by Crippen LogP contribution is -2.41. The maximum absolute atomic E-state index is 6.08. The molecule has 5 heteroatoms. The van der Waals surface area contributed by atoms with Crippen molar-refractivity contribution < 1.29 is 9.47 Å². The lowest BCUT2D eigenvalue weighted by Gasteiger charge is -2.33. The van der Waals surface area contributed by atoms with Crippen molar-refractivity contribution in [2.45, 2.75) is 66.7 Å². The van der Waals surface area contributed by atoms with Gasteiger partial charge in [0.25, 0.3) is 0 Å². The number of rotatable bonds is 9. The Hall–Kier alpha value is -1.23. The van der Waals surface area contributed by atoms with E-state index in [0.29, 0.717) is 13.2 Å². The number of benzene rings is 2. The maximum Gasteiger partial charge on any atom is 0.175 e. The fourth-order valence-corrected chi connectivity index (χ4v) is 4.32. The fraction of sp³-hybridized carbons (Fsp3) is 0.500. The summed E-state index contributed by atoms with van der Waals surface area (Å²) in [6, 6.07) is 11.8. The highest BCUT2D eigenvalue weighted by atomic mass is 79.9. The van der Waals surface area contributed by atoms with Crippen LogP contribution in [0.4, 0.5) is 0 Å². The molecule has 160 valence electrons. The molecule has 2 aromatic carbocycles. The largest absolute Gasteiger partial charge is 0.490 e. The molecule has 3 nitrogen and oxygen atoms in total. The van der Waals surface area contributed by atoms with Crippen molar-refractivity contribution in [3.63, 3.8) is 0 Å². The van der Waals surface area contributed by atoms with Crippen molar-refractivity contribution in [2.24, 2.45) is 5.41 Å². The topological polar surface area (TPSA) is 30.5 Å². The van der Waals surface area contributed by atoms with E-state index in [-0.39, 0.29) is 11.0 Å². The average molecular weight is 483 g/mol. The minimum Gasteiger partial charge on any atom is -0.490 e. The van der Waals surface area contributed by atoms with E-state index in [0.717, 1.165) is 45.1 Å². The van der Waals surface area contributed by atoms with E-state index in [2.05, 4.69) is 68.0 Å². The van der Waals surface area contributed by atoms with Crippen LogP contribution in [0.15, 0.2) is 40.9 Å². The molecule has 0 heterocycles. The van der Waals surface area contributed by atoms with Crippen molar-refractivity contribution in [1.29, 1.82) is 0 Å². The molecule has 0 atom stereocenters. The molecule has 0 aliphatic rings. The zero-order valence-electron chi connectivity index (χ0n) is 18.4. The standard InChI is InChI=1S/C24H33BrClNO2/c1-7-28-21-13-18(14-27-24(5,6)16-23(2,3)4)12-20(25)22(21)29-15-17-8-10-19(26)11-9-17/h8-13,27H,7,14-16H2,1-6H3. The van der Waals surface area contributed by atoms with E-state index in [1.807, 2.05) is 31.2 Å². The zero-order valence-corrected chi connectivity index (χ0v) is 20.7. The van der Waals surface area contributed by atoms with Gasteiger partial charge in [0.05, 0.1) is 11.1 Å². The van der Waals surface area contributed by atoms with Crippen LogP contribution in [0, 0.1) is 5.41 Å². The van der Waals surface area contributed by atoms with Gasteiger partial charge < -0.3 is 14.8 Å². The first-order valence-corrected chi connectivity index (χ1v) is 11.2.